The highest BCUT2D eigenvalue weighted by Gasteiger charge is 2.53. The lowest BCUT2D eigenvalue weighted by Crippen LogP contribution is -2.53. The van der Waals surface area contributed by atoms with E-state index in [1.807, 2.05) is 0 Å². The van der Waals surface area contributed by atoms with Crippen molar-refractivity contribution in [3.05, 3.63) is 18.3 Å². The maximum absolute atomic E-state index is 13.7. The number of nitrogen functional groups attached to an aromatic ring is 1. The lowest BCUT2D eigenvalue weighted by molar-refractivity contribution is -0.150. The van der Waals surface area contributed by atoms with E-state index >= 15 is 0 Å². The number of ether oxygens (including phenoxy) is 1. The first-order chi connectivity index (χ1) is 12.9. The van der Waals surface area contributed by atoms with Gasteiger partial charge in [-0.3, -0.25) is 4.79 Å². The normalized spacial score (nSPS) is 26.1. The summed E-state index contributed by atoms with van der Waals surface area (Å²) in [6, 6.07) is 1.66. The van der Waals surface area contributed by atoms with Crippen molar-refractivity contribution in [2.45, 2.75) is 63.3 Å². The number of carbonyl (C=O) groups excluding carboxylic acids is 1. The first kappa shape index (κ1) is 20.8. The summed E-state index contributed by atoms with van der Waals surface area (Å²) in [6.45, 7) is 9.90. The Kier molecular flexibility index (Phi) is 5.11. The Balaban J connectivity index is 1.99. The number of fused-ring (bicyclic) bond motifs is 1. The SMILES string of the molecule is CC(C)(C)[Si](C)(C)O[C@H]1C[C@H](n2ccc3c(N)nc(F)nc32)O[C@]1(C=O)CO. The Labute approximate surface area is 164 Å². The Bertz CT molecular complexity index is 898. The van der Waals surface area contributed by atoms with Gasteiger partial charge in [0.2, 0.25) is 0 Å². The minimum atomic E-state index is -2.24. The molecule has 3 N–H and O–H groups in total. The number of aliphatic hydroxyl groups is 1. The molecule has 0 unspecified atom stereocenters. The van der Waals surface area contributed by atoms with Crippen LogP contribution in [0.1, 0.15) is 33.4 Å². The van der Waals surface area contributed by atoms with Gasteiger partial charge in [0.15, 0.2) is 25.9 Å². The van der Waals surface area contributed by atoms with Crippen LogP contribution in [0, 0.1) is 6.08 Å². The van der Waals surface area contributed by atoms with Crippen LogP contribution in [0.2, 0.25) is 18.1 Å². The molecule has 28 heavy (non-hydrogen) atoms. The van der Waals surface area contributed by atoms with E-state index < -0.39 is 38.9 Å². The van der Waals surface area contributed by atoms with E-state index in [1.54, 1.807) is 16.8 Å². The molecule has 3 rings (SSSR count). The van der Waals surface area contributed by atoms with Gasteiger partial charge >= 0.3 is 6.08 Å². The van der Waals surface area contributed by atoms with Gasteiger partial charge < -0.3 is 24.6 Å². The minimum absolute atomic E-state index is 0.0251. The molecule has 2 aromatic heterocycles. The second-order valence-corrected chi connectivity index (χ2v) is 13.5. The largest absolute Gasteiger partial charge is 0.410 e. The maximum Gasteiger partial charge on any atom is 0.312 e. The van der Waals surface area contributed by atoms with Gasteiger partial charge in [-0.15, -0.1) is 0 Å². The summed E-state index contributed by atoms with van der Waals surface area (Å²) < 4.78 is 27.7. The van der Waals surface area contributed by atoms with Gasteiger partial charge in [0.05, 0.1) is 18.1 Å². The number of halogens is 1. The summed E-state index contributed by atoms with van der Waals surface area (Å²) in [7, 11) is -2.24. The van der Waals surface area contributed by atoms with Gasteiger partial charge in [0.25, 0.3) is 0 Å². The van der Waals surface area contributed by atoms with E-state index in [1.165, 1.54) is 0 Å². The third-order valence-corrected chi connectivity index (χ3v) is 10.4. The van der Waals surface area contributed by atoms with E-state index in [9.17, 15) is 14.3 Å². The van der Waals surface area contributed by atoms with E-state index in [0.717, 1.165) is 0 Å². The van der Waals surface area contributed by atoms with Gasteiger partial charge in [0.1, 0.15) is 12.0 Å². The second-order valence-electron chi connectivity index (χ2n) is 8.74. The first-order valence-electron chi connectivity index (χ1n) is 9.16. The molecule has 0 aromatic carbocycles. The Morgan fingerprint density at radius 2 is 2.18 bits per heavy atom. The molecular formula is C18H27FN4O4Si. The van der Waals surface area contributed by atoms with Crippen LogP contribution in [0.3, 0.4) is 0 Å². The van der Waals surface area contributed by atoms with Gasteiger partial charge in [-0.25, -0.2) is 0 Å². The van der Waals surface area contributed by atoms with E-state index in [4.69, 9.17) is 14.9 Å². The number of anilines is 1. The van der Waals surface area contributed by atoms with Crippen molar-refractivity contribution in [2.24, 2.45) is 0 Å². The van der Waals surface area contributed by atoms with Crippen molar-refractivity contribution in [3.63, 3.8) is 0 Å². The van der Waals surface area contributed by atoms with Crippen molar-refractivity contribution < 1.29 is 23.5 Å². The van der Waals surface area contributed by atoms with Crippen molar-refractivity contribution in [1.82, 2.24) is 14.5 Å². The number of hydrogen-bond acceptors (Lipinski definition) is 7. The number of rotatable bonds is 5. The average molecular weight is 411 g/mol. The second kappa shape index (κ2) is 6.87. The third-order valence-electron chi connectivity index (χ3n) is 5.89. The number of nitrogens with two attached hydrogens (primary N) is 1. The molecule has 1 saturated heterocycles. The average Bonchev–Trinajstić information content (AvgIpc) is 3.15. The van der Waals surface area contributed by atoms with Crippen LogP contribution in [0.25, 0.3) is 11.0 Å². The molecule has 1 aliphatic rings. The van der Waals surface area contributed by atoms with Crippen LogP contribution in [0.15, 0.2) is 12.3 Å². The molecule has 10 heteroatoms. The van der Waals surface area contributed by atoms with E-state index in [0.29, 0.717) is 18.1 Å². The molecule has 1 aliphatic heterocycles. The lowest BCUT2D eigenvalue weighted by atomic mass is 10.00. The molecule has 0 amide bonds. The smallest absolute Gasteiger partial charge is 0.312 e. The van der Waals surface area contributed by atoms with Crippen molar-refractivity contribution in [2.75, 3.05) is 12.3 Å². The van der Waals surface area contributed by atoms with Gasteiger partial charge in [-0.05, 0) is 24.2 Å². The number of aldehydes is 1. The fraction of sp³-hybridized carbons (Fsp3) is 0.611. The Morgan fingerprint density at radius 1 is 1.50 bits per heavy atom. The number of aliphatic hydroxyl groups excluding tert-OH is 1. The lowest BCUT2D eigenvalue weighted by Gasteiger charge is -2.40. The van der Waals surface area contributed by atoms with Gasteiger partial charge in [0, 0.05) is 12.6 Å². The highest BCUT2D eigenvalue weighted by Crippen LogP contribution is 2.44. The minimum Gasteiger partial charge on any atom is -0.410 e. The van der Waals surface area contributed by atoms with Crippen LogP contribution < -0.4 is 5.73 Å². The zero-order valence-electron chi connectivity index (χ0n) is 16.8. The van der Waals surface area contributed by atoms with E-state index in [2.05, 4.69) is 43.8 Å². The molecule has 3 heterocycles. The topological polar surface area (TPSA) is 112 Å². The predicted molar refractivity (Wildman–Crippen MR) is 105 cm³/mol. The maximum atomic E-state index is 13.7. The summed E-state index contributed by atoms with van der Waals surface area (Å²) in [5, 5.41) is 10.4. The number of nitrogens with zero attached hydrogens (tertiary/aromatic N) is 3. The number of aromatic nitrogens is 3. The summed E-state index contributed by atoms with van der Waals surface area (Å²) >= 11 is 0. The van der Waals surface area contributed by atoms with Crippen LogP contribution in [0.5, 0.6) is 0 Å². The molecule has 154 valence electrons. The summed E-state index contributed by atoms with van der Waals surface area (Å²) in [6.07, 6.45) is 0.310. The molecule has 0 spiro atoms. The standard InChI is InChI=1S/C18H27FN4O4Si/c1-17(2,3)28(4,5)27-12-8-13(26-18(12,9-24)10-25)23-7-6-11-14(20)21-16(19)22-15(11)23/h6-7,9,12-13,25H,8,10H2,1-5H3,(H2,20,21,22)/t12-,13+,18+/m0/s1. The summed E-state index contributed by atoms with van der Waals surface area (Å²) in [4.78, 5) is 19.3. The highest BCUT2D eigenvalue weighted by atomic mass is 28.4. The summed E-state index contributed by atoms with van der Waals surface area (Å²) in [5.74, 6) is 0.0251. The molecule has 0 radical (unpaired) electrons. The first-order valence-corrected chi connectivity index (χ1v) is 12.1. The number of hydrogen-bond donors (Lipinski definition) is 2. The molecule has 0 bridgehead atoms. The fourth-order valence-corrected chi connectivity index (χ4v) is 4.51. The zero-order valence-corrected chi connectivity index (χ0v) is 17.8. The van der Waals surface area contributed by atoms with Crippen molar-refractivity contribution >= 4 is 31.5 Å². The summed E-state index contributed by atoms with van der Waals surface area (Å²) in [5.41, 5.74) is 4.54. The predicted octanol–water partition coefficient (Wildman–Crippen LogP) is 2.39. The molecule has 0 saturated carbocycles. The van der Waals surface area contributed by atoms with Gasteiger partial charge in [-0.2, -0.15) is 14.4 Å². The Morgan fingerprint density at radius 3 is 2.75 bits per heavy atom. The Hall–Kier alpha value is -1.88. The molecule has 2 aromatic rings. The number of carbonyl (C=O) groups is 1. The van der Waals surface area contributed by atoms with Crippen LogP contribution in [0.4, 0.5) is 10.2 Å². The van der Waals surface area contributed by atoms with Gasteiger partial charge in [-0.1, -0.05) is 20.8 Å². The molecule has 8 nitrogen and oxygen atoms in total. The molecular weight excluding hydrogens is 383 g/mol. The zero-order chi connectivity index (χ0) is 20.9. The molecule has 3 atom stereocenters. The van der Waals surface area contributed by atoms with Crippen molar-refractivity contribution in [3.8, 4) is 0 Å². The van der Waals surface area contributed by atoms with Crippen LogP contribution in [-0.4, -0.2) is 52.6 Å². The van der Waals surface area contributed by atoms with Crippen molar-refractivity contribution in [1.29, 1.82) is 0 Å². The third kappa shape index (κ3) is 3.34. The fourth-order valence-electron chi connectivity index (χ4n) is 3.15. The monoisotopic (exact) mass is 410 g/mol. The van der Waals surface area contributed by atoms with Crippen LogP contribution >= 0.6 is 0 Å². The van der Waals surface area contributed by atoms with Crippen LogP contribution in [-0.2, 0) is 14.0 Å². The quantitative estimate of drug-likeness (QED) is 0.442. The molecule has 0 aliphatic carbocycles. The van der Waals surface area contributed by atoms with E-state index in [-0.39, 0.29) is 16.5 Å². The highest BCUT2D eigenvalue weighted by molar-refractivity contribution is 6.74. The molecule has 1 fully saturated rings.